The van der Waals surface area contributed by atoms with E-state index in [4.69, 9.17) is 4.74 Å². The first-order valence-corrected chi connectivity index (χ1v) is 3.90. The first kappa shape index (κ1) is 9.63. The smallest absolute Gasteiger partial charge is 0.120 e. The summed E-state index contributed by atoms with van der Waals surface area (Å²) in [5, 5.41) is 0. The third kappa shape index (κ3) is 4.50. The minimum absolute atomic E-state index is 0.287. The van der Waals surface area contributed by atoms with Crippen LogP contribution in [0.2, 0.25) is 0 Å². The Kier molecular flexibility index (Phi) is 6.50. The van der Waals surface area contributed by atoms with E-state index in [9.17, 15) is 4.79 Å². The molecular formula is C8H16O2. The van der Waals surface area contributed by atoms with Crippen molar-refractivity contribution in [2.24, 2.45) is 0 Å². The molecule has 10 heavy (non-hydrogen) atoms. The second kappa shape index (κ2) is 6.75. The fourth-order valence-electron chi connectivity index (χ4n) is 0.895. The van der Waals surface area contributed by atoms with Crippen molar-refractivity contribution in [3.8, 4) is 0 Å². The molecule has 2 heteroatoms. The Balaban J connectivity index is 3.29. The van der Waals surface area contributed by atoms with Crippen LogP contribution in [-0.2, 0) is 9.53 Å². The zero-order chi connectivity index (χ0) is 7.82. The van der Waals surface area contributed by atoms with Crippen molar-refractivity contribution in [2.45, 2.75) is 39.2 Å². The first-order chi connectivity index (χ1) is 4.85. The molecule has 0 aliphatic rings. The van der Waals surface area contributed by atoms with E-state index in [1.807, 2.05) is 6.92 Å². The molecule has 0 amide bonds. The average molecular weight is 144 g/mol. The molecule has 0 aliphatic carbocycles. The Labute approximate surface area is 62.6 Å². The van der Waals surface area contributed by atoms with Crippen LogP contribution in [0.5, 0.6) is 0 Å². The maximum Gasteiger partial charge on any atom is 0.120 e. The zero-order valence-corrected chi connectivity index (χ0v) is 6.80. The summed E-state index contributed by atoms with van der Waals surface area (Å²) in [6.45, 7) is 4.80. The fourth-order valence-corrected chi connectivity index (χ4v) is 0.895. The van der Waals surface area contributed by atoms with Crippen LogP contribution in [0, 0.1) is 0 Å². The van der Waals surface area contributed by atoms with E-state index in [1.54, 1.807) is 0 Å². The number of carbonyl (C=O) groups excluding carboxylic acids is 1. The first-order valence-electron chi connectivity index (χ1n) is 3.90. The lowest BCUT2D eigenvalue weighted by Gasteiger charge is -2.12. The summed E-state index contributed by atoms with van der Waals surface area (Å²) >= 11 is 0. The van der Waals surface area contributed by atoms with Crippen LogP contribution >= 0.6 is 0 Å². The third-order valence-corrected chi connectivity index (χ3v) is 1.46. The van der Waals surface area contributed by atoms with Crippen molar-refractivity contribution in [2.75, 3.05) is 6.61 Å². The van der Waals surface area contributed by atoms with E-state index >= 15 is 0 Å². The van der Waals surface area contributed by atoms with Crippen LogP contribution < -0.4 is 0 Å². The van der Waals surface area contributed by atoms with Crippen molar-refractivity contribution < 1.29 is 9.53 Å². The van der Waals surface area contributed by atoms with Crippen LogP contribution in [0.4, 0.5) is 0 Å². The van der Waals surface area contributed by atoms with Gasteiger partial charge in [0, 0.05) is 13.0 Å². The molecule has 0 aromatic carbocycles. The van der Waals surface area contributed by atoms with Gasteiger partial charge >= 0.3 is 0 Å². The lowest BCUT2D eigenvalue weighted by molar-refractivity contribution is -0.108. The summed E-state index contributed by atoms with van der Waals surface area (Å²) in [7, 11) is 0. The molecule has 1 unspecified atom stereocenters. The molecule has 0 aliphatic heterocycles. The molecule has 0 bridgehead atoms. The van der Waals surface area contributed by atoms with Gasteiger partial charge < -0.3 is 9.53 Å². The summed E-state index contributed by atoms with van der Waals surface area (Å²) in [5.41, 5.74) is 0. The van der Waals surface area contributed by atoms with Crippen LogP contribution in [0.15, 0.2) is 0 Å². The third-order valence-electron chi connectivity index (χ3n) is 1.46. The SMILES string of the molecule is CCOC(CC)CCC=O. The second-order valence-corrected chi connectivity index (χ2v) is 2.23. The quantitative estimate of drug-likeness (QED) is 0.531. The molecule has 0 heterocycles. The molecule has 0 radical (unpaired) electrons. The lowest BCUT2D eigenvalue weighted by atomic mass is 10.1. The molecule has 0 saturated carbocycles. The van der Waals surface area contributed by atoms with Crippen LogP contribution in [-0.4, -0.2) is 19.0 Å². The number of hydrogen-bond donors (Lipinski definition) is 0. The average Bonchev–Trinajstić information content (AvgIpc) is 1.98. The van der Waals surface area contributed by atoms with E-state index in [0.717, 1.165) is 25.7 Å². The second-order valence-electron chi connectivity index (χ2n) is 2.23. The zero-order valence-electron chi connectivity index (χ0n) is 6.80. The maximum absolute atomic E-state index is 9.97. The van der Waals surface area contributed by atoms with Gasteiger partial charge in [-0.2, -0.15) is 0 Å². The van der Waals surface area contributed by atoms with Gasteiger partial charge in [0.05, 0.1) is 6.10 Å². The normalized spacial score (nSPS) is 13.0. The Morgan fingerprint density at radius 3 is 2.60 bits per heavy atom. The Hall–Kier alpha value is -0.370. The molecule has 1 atom stereocenters. The number of hydrogen-bond acceptors (Lipinski definition) is 2. The summed E-state index contributed by atoms with van der Waals surface area (Å²) < 4.78 is 5.33. The fraction of sp³-hybridized carbons (Fsp3) is 0.875. The molecule has 0 aromatic heterocycles. The molecule has 60 valence electrons. The largest absolute Gasteiger partial charge is 0.379 e. The summed E-state index contributed by atoms with van der Waals surface area (Å²) in [6, 6.07) is 0. The highest BCUT2D eigenvalue weighted by molar-refractivity contribution is 5.49. The lowest BCUT2D eigenvalue weighted by Crippen LogP contribution is -2.11. The van der Waals surface area contributed by atoms with Crippen molar-refractivity contribution in [3.05, 3.63) is 0 Å². The highest BCUT2D eigenvalue weighted by atomic mass is 16.5. The molecule has 0 rings (SSSR count). The molecule has 0 spiro atoms. The minimum atomic E-state index is 0.287. The molecule has 0 N–H and O–H groups in total. The van der Waals surface area contributed by atoms with E-state index in [2.05, 4.69) is 6.92 Å². The van der Waals surface area contributed by atoms with Crippen molar-refractivity contribution in [3.63, 3.8) is 0 Å². The Bertz CT molecular complexity index is 81.3. The summed E-state index contributed by atoms with van der Waals surface area (Å²) in [4.78, 5) is 9.97. The van der Waals surface area contributed by atoms with Gasteiger partial charge in [0.25, 0.3) is 0 Å². The van der Waals surface area contributed by atoms with Gasteiger partial charge in [-0.15, -0.1) is 0 Å². The van der Waals surface area contributed by atoms with E-state index in [0.29, 0.717) is 6.42 Å². The topological polar surface area (TPSA) is 26.3 Å². The number of rotatable bonds is 6. The van der Waals surface area contributed by atoms with E-state index in [1.165, 1.54) is 0 Å². The summed E-state index contributed by atoms with van der Waals surface area (Å²) in [5.74, 6) is 0. The monoisotopic (exact) mass is 144 g/mol. The standard InChI is InChI=1S/C8H16O2/c1-3-8(10-4-2)6-5-7-9/h7-8H,3-6H2,1-2H3. The molecule has 0 saturated heterocycles. The van der Waals surface area contributed by atoms with Crippen molar-refractivity contribution in [1.82, 2.24) is 0 Å². The van der Waals surface area contributed by atoms with Crippen molar-refractivity contribution >= 4 is 6.29 Å². The molecule has 0 fully saturated rings. The highest BCUT2D eigenvalue weighted by Gasteiger charge is 2.03. The summed E-state index contributed by atoms with van der Waals surface area (Å²) in [6.07, 6.45) is 3.73. The van der Waals surface area contributed by atoms with Gasteiger partial charge in [-0.05, 0) is 19.8 Å². The minimum Gasteiger partial charge on any atom is -0.379 e. The highest BCUT2D eigenvalue weighted by Crippen LogP contribution is 2.04. The Morgan fingerprint density at radius 2 is 2.20 bits per heavy atom. The Morgan fingerprint density at radius 1 is 1.50 bits per heavy atom. The van der Waals surface area contributed by atoms with Crippen molar-refractivity contribution in [1.29, 1.82) is 0 Å². The van der Waals surface area contributed by atoms with Gasteiger partial charge in [-0.25, -0.2) is 0 Å². The molecular weight excluding hydrogens is 128 g/mol. The number of carbonyl (C=O) groups is 1. The van der Waals surface area contributed by atoms with Gasteiger partial charge in [0.1, 0.15) is 6.29 Å². The van der Waals surface area contributed by atoms with Crippen LogP contribution in [0.1, 0.15) is 33.1 Å². The maximum atomic E-state index is 9.97. The van der Waals surface area contributed by atoms with Gasteiger partial charge in [0.15, 0.2) is 0 Å². The van der Waals surface area contributed by atoms with Gasteiger partial charge in [0.2, 0.25) is 0 Å². The van der Waals surface area contributed by atoms with Crippen LogP contribution in [0.3, 0.4) is 0 Å². The van der Waals surface area contributed by atoms with E-state index < -0.39 is 0 Å². The predicted octanol–water partition coefficient (Wildman–Crippen LogP) is 1.78. The molecule has 0 aromatic rings. The van der Waals surface area contributed by atoms with Crippen LogP contribution in [0.25, 0.3) is 0 Å². The van der Waals surface area contributed by atoms with E-state index in [-0.39, 0.29) is 6.10 Å². The van der Waals surface area contributed by atoms with Gasteiger partial charge in [-0.1, -0.05) is 6.92 Å². The predicted molar refractivity (Wildman–Crippen MR) is 41.0 cm³/mol. The number of aldehydes is 1. The van der Waals surface area contributed by atoms with Gasteiger partial charge in [-0.3, -0.25) is 0 Å². The number of ether oxygens (including phenoxy) is 1. The molecule has 2 nitrogen and oxygen atoms in total.